The van der Waals surface area contributed by atoms with Gasteiger partial charge in [0.25, 0.3) is 0 Å². The number of aromatic nitrogens is 1. The number of carbonyl (C=O) groups excluding carboxylic acids is 1. The molecule has 35 heavy (non-hydrogen) atoms. The first-order valence-electron chi connectivity index (χ1n) is 10.7. The normalized spacial score (nSPS) is 13.5. The van der Waals surface area contributed by atoms with Crippen LogP contribution in [0.15, 0.2) is 66.9 Å². The van der Waals surface area contributed by atoms with Gasteiger partial charge < -0.3 is 19.9 Å². The van der Waals surface area contributed by atoms with Crippen LogP contribution in [-0.4, -0.2) is 47.6 Å². The molecule has 3 aromatic rings. The van der Waals surface area contributed by atoms with Crippen LogP contribution in [0.3, 0.4) is 0 Å². The summed E-state index contributed by atoms with van der Waals surface area (Å²) in [7, 11) is 0. The third-order valence-corrected chi connectivity index (χ3v) is 5.58. The fraction of sp³-hybridized carbons (Fsp3) is 0.240. The Morgan fingerprint density at radius 2 is 1.63 bits per heavy atom. The number of carbonyl (C=O) groups is 2. The van der Waals surface area contributed by atoms with Gasteiger partial charge in [0.2, 0.25) is 5.88 Å². The van der Waals surface area contributed by atoms with E-state index in [4.69, 9.17) is 9.47 Å². The molecule has 0 spiro atoms. The summed E-state index contributed by atoms with van der Waals surface area (Å²) in [6.07, 6.45) is -4.66. The van der Waals surface area contributed by atoms with Gasteiger partial charge in [-0.25, -0.2) is 14.6 Å². The minimum atomic E-state index is -4.58. The third-order valence-electron chi connectivity index (χ3n) is 5.58. The average Bonchev–Trinajstić information content (AvgIpc) is 3.15. The molecule has 0 aliphatic heterocycles. The number of rotatable bonds is 8. The van der Waals surface area contributed by atoms with E-state index in [1.807, 2.05) is 48.5 Å². The van der Waals surface area contributed by atoms with Crippen molar-refractivity contribution in [3.63, 3.8) is 0 Å². The zero-order chi connectivity index (χ0) is 25.0. The number of halogens is 3. The quantitative estimate of drug-likeness (QED) is 0.485. The Kier molecular flexibility index (Phi) is 6.90. The number of alkyl halides is 3. The number of nitrogens with zero attached hydrogens (tertiary/aromatic N) is 1. The predicted molar refractivity (Wildman–Crippen MR) is 119 cm³/mol. The summed E-state index contributed by atoms with van der Waals surface area (Å²) in [5.74, 6) is -1.95. The molecular weight excluding hydrogens is 465 g/mol. The van der Waals surface area contributed by atoms with Gasteiger partial charge in [-0.1, -0.05) is 54.6 Å². The number of hydrogen-bond donors (Lipinski definition) is 2. The van der Waals surface area contributed by atoms with E-state index in [-0.39, 0.29) is 30.4 Å². The van der Waals surface area contributed by atoms with E-state index in [1.54, 1.807) is 0 Å². The monoisotopic (exact) mass is 486 g/mol. The number of carboxylic acids is 1. The predicted octanol–water partition coefficient (Wildman–Crippen LogP) is 4.56. The van der Waals surface area contributed by atoms with E-state index in [1.165, 1.54) is 18.3 Å². The van der Waals surface area contributed by atoms with Crippen LogP contribution in [0.25, 0.3) is 11.1 Å². The van der Waals surface area contributed by atoms with Gasteiger partial charge >= 0.3 is 18.2 Å². The lowest BCUT2D eigenvalue weighted by atomic mass is 9.98. The van der Waals surface area contributed by atoms with Gasteiger partial charge in [0, 0.05) is 24.1 Å². The van der Waals surface area contributed by atoms with E-state index in [0.717, 1.165) is 22.3 Å². The summed E-state index contributed by atoms with van der Waals surface area (Å²) in [6, 6.07) is 16.9. The molecule has 182 valence electrons. The van der Waals surface area contributed by atoms with Gasteiger partial charge in [-0.2, -0.15) is 13.2 Å². The number of pyridine rings is 1. The maximum Gasteiger partial charge on any atom is 0.422 e. The molecule has 7 nitrogen and oxygen atoms in total. The molecule has 0 saturated carbocycles. The van der Waals surface area contributed by atoms with Gasteiger partial charge in [-0.05, 0) is 28.3 Å². The summed E-state index contributed by atoms with van der Waals surface area (Å²) < 4.78 is 47.6. The minimum Gasteiger partial charge on any atom is -0.480 e. The molecule has 4 rings (SSSR count). The van der Waals surface area contributed by atoms with Gasteiger partial charge in [0.05, 0.1) is 0 Å². The molecule has 1 aromatic heterocycles. The van der Waals surface area contributed by atoms with Crippen molar-refractivity contribution in [1.82, 2.24) is 10.3 Å². The molecule has 0 bridgehead atoms. The van der Waals surface area contributed by atoms with Crippen molar-refractivity contribution in [3.8, 4) is 17.0 Å². The second kappa shape index (κ2) is 10.0. The molecule has 0 saturated heterocycles. The molecule has 10 heteroatoms. The Labute approximate surface area is 198 Å². The van der Waals surface area contributed by atoms with Crippen LogP contribution < -0.4 is 10.1 Å². The van der Waals surface area contributed by atoms with Crippen molar-refractivity contribution in [1.29, 1.82) is 0 Å². The topological polar surface area (TPSA) is 97.8 Å². The van der Waals surface area contributed by atoms with E-state index in [0.29, 0.717) is 0 Å². The number of hydrogen-bond acceptors (Lipinski definition) is 5. The number of alkyl carbamates (subject to hydrolysis) is 1. The van der Waals surface area contributed by atoms with E-state index >= 15 is 0 Å². The van der Waals surface area contributed by atoms with Crippen LogP contribution in [0.1, 0.15) is 22.6 Å². The maximum atomic E-state index is 12.5. The molecule has 1 aliphatic rings. The Morgan fingerprint density at radius 3 is 2.23 bits per heavy atom. The zero-order valence-electron chi connectivity index (χ0n) is 18.3. The maximum absolute atomic E-state index is 12.5. The Hall–Kier alpha value is -4.08. The van der Waals surface area contributed by atoms with E-state index < -0.39 is 30.9 Å². The number of amides is 1. The number of ether oxygens (including phenoxy) is 2. The molecule has 1 amide bonds. The number of fused-ring (bicyclic) bond motifs is 3. The standard InChI is InChI=1S/C25H21F3N2O5/c26-25(27,28)14-35-22-15(6-5-11-29-22)12-21(23(31)32)30-24(33)34-13-20-18-9-3-1-7-16(18)17-8-2-4-10-19(17)20/h1-11,20-21H,12-14H2,(H,30,33)(H,31,32). The SMILES string of the molecule is O=C(NC(Cc1cccnc1OCC(F)(F)F)C(=O)O)OCC1c2ccccc2-c2ccccc21. The van der Waals surface area contributed by atoms with Crippen molar-refractivity contribution in [2.24, 2.45) is 0 Å². The zero-order valence-corrected chi connectivity index (χ0v) is 18.3. The first kappa shape index (κ1) is 24.1. The molecule has 1 aliphatic carbocycles. The lowest BCUT2D eigenvalue weighted by Crippen LogP contribution is -2.43. The minimum absolute atomic E-state index is 0.0148. The smallest absolute Gasteiger partial charge is 0.422 e. The summed E-state index contributed by atoms with van der Waals surface area (Å²) in [6.45, 7) is -1.59. The van der Waals surface area contributed by atoms with Gasteiger partial charge in [-0.15, -0.1) is 0 Å². The highest BCUT2D eigenvalue weighted by Gasteiger charge is 2.31. The second-order valence-corrected chi connectivity index (χ2v) is 7.94. The summed E-state index contributed by atoms with van der Waals surface area (Å²) >= 11 is 0. The lowest BCUT2D eigenvalue weighted by Gasteiger charge is -2.18. The van der Waals surface area contributed by atoms with E-state index in [2.05, 4.69) is 10.3 Å². The van der Waals surface area contributed by atoms with E-state index in [9.17, 15) is 27.9 Å². The van der Waals surface area contributed by atoms with Crippen molar-refractivity contribution < 1.29 is 37.3 Å². The highest BCUT2D eigenvalue weighted by molar-refractivity contribution is 5.81. The van der Waals surface area contributed by atoms with Crippen LogP contribution in [0, 0.1) is 0 Å². The number of aliphatic carboxylic acids is 1. The largest absolute Gasteiger partial charge is 0.480 e. The van der Waals surface area contributed by atoms with Gasteiger partial charge in [-0.3, -0.25) is 0 Å². The van der Waals surface area contributed by atoms with Crippen LogP contribution in [0.5, 0.6) is 5.88 Å². The number of nitrogens with one attached hydrogen (secondary N) is 1. The molecule has 1 unspecified atom stereocenters. The second-order valence-electron chi connectivity index (χ2n) is 7.94. The van der Waals surface area contributed by atoms with Gasteiger partial charge in [0.15, 0.2) is 6.61 Å². The highest BCUT2D eigenvalue weighted by atomic mass is 19.4. The first-order valence-corrected chi connectivity index (χ1v) is 10.7. The van der Waals surface area contributed by atoms with Crippen LogP contribution in [0.4, 0.5) is 18.0 Å². The highest BCUT2D eigenvalue weighted by Crippen LogP contribution is 2.44. The number of benzene rings is 2. The molecule has 2 N–H and O–H groups in total. The summed E-state index contributed by atoms with van der Waals surface area (Å²) in [4.78, 5) is 28.0. The first-order chi connectivity index (χ1) is 16.7. The van der Waals surface area contributed by atoms with Crippen LogP contribution in [0.2, 0.25) is 0 Å². The van der Waals surface area contributed by atoms with Crippen LogP contribution >= 0.6 is 0 Å². The van der Waals surface area contributed by atoms with Crippen molar-refractivity contribution in [2.75, 3.05) is 13.2 Å². The summed E-state index contributed by atoms with van der Waals surface area (Å²) in [5.41, 5.74) is 4.19. The van der Waals surface area contributed by atoms with Gasteiger partial charge in [0.1, 0.15) is 12.6 Å². The molecule has 2 aromatic carbocycles. The van der Waals surface area contributed by atoms with Crippen molar-refractivity contribution in [2.45, 2.75) is 24.6 Å². The average molecular weight is 486 g/mol. The van der Waals surface area contributed by atoms with Crippen LogP contribution in [-0.2, 0) is 16.0 Å². The summed E-state index contributed by atoms with van der Waals surface area (Å²) in [5, 5.41) is 11.8. The van der Waals surface area contributed by atoms with Crippen molar-refractivity contribution in [3.05, 3.63) is 83.6 Å². The van der Waals surface area contributed by atoms with Crippen molar-refractivity contribution >= 4 is 12.1 Å². The molecule has 0 fully saturated rings. The number of carboxylic acid groups (broad SMARTS) is 1. The Bertz CT molecular complexity index is 1190. The molecule has 0 radical (unpaired) electrons. The molecular formula is C25H21F3N2O5. The molecule has 1 heterocycles. The fourth-order valence-electron chi connectivity index (χ4n) is 4.06. The lowest BCUT2D eigenvalue weighted by molar-refractivity contribution is -0.154. The molecule has 1 atom stereocenters. The third kappa shape index (κ3) is 5.71. The Morgan fingerprint density at radius 1 is 1.00 bits per heavy atom. The Balaban J connectivity index is 1.42. The fourth-order valence-corrected chi connectivity index (χ4v) is 4.06.